The summed E-state index contributed by atoms with van der Waals surface area (Å²) in [4.78, 5) is 23.4. The molecule has 0 amide bonds. The summed E-state index contributed by atoms with van der Waals surface area (Å²) in [6.07, 6.45) is 0.228. The Bertz CT molecular complexity index is 1460. The van der Waals surface area contributed by atoms with Gasteiger partial charge in [0.2, 0.25) is 0 Å². The molecule has 31 heavy (non-hydrogen) atoms. The topological polar surface area (TPSA) is 99.3 Å². The van der Waals surface area contributed by atoms with E-state index in [1.165, 1.54) is 0 Å². The molecule has 0 N–H and O–H groups in total. The Hall–Kier alpha value is -3.78. The number of non-ortho nitro benzene ring substituents is 1. The highest BCUT2D eigenvalue weighted by Gasteiger charge is 2.24. The van der Waals surface area contributed by atoms with Crippen LogP contribution >= 0.6 is 0 Å². The van der Waals surface area contributed by atoms with Crippen LogP contribution in [0.3, 0.4) is 0 Å². The van der Waals surface area contributed by atoms with E-state index < -0.39 is 20.5 Å². The summed E-state index contributed by atoms with van der Waals surface area (Å²) in [7, 11) is -4.28. The average Bonchev–Trinajstić information content (AvgIpc) is 2.74. The zero-order chi connectivity index (χ0) is 22.2. The molecule has 1 heterocycles. The van der Waals surface area contributed by atoms with E-state index in [1.807, 2.05) is 43.3 Å². The number of hydrogen-bond acceptors (Lipinski definition) is 5. The van der Waals surface area contributed by atoms with Gasteiger partial charge >= 0.3 is 0 Å². The van der Waals surface area contributed by atoms with E-state index in [0.29, 0.717) is 11.1 Å². The third-order valence-corrected chi connectivity index (χ3v) is 6.77. The third-order valence-electron chi connectivity index (χ3n) is 5.02. The predicted molar refractivity (Wildman–Crippen MR) is 118 cm³/mol. The van der Waals surface area contributed by atoms with Crippen LogP contribution in [0, 0.1) is 17.0 Å². The van der Waals surface area contributed by atoms with Crippen LogP contribution in [-0.4, -0.2) is 17.3 Å². The van der Waals surface area contributed by atoms with Gasteiger partial charge in [0.1, 0.15) is 0 Å². The van der Waals surface area contributed by atoms with E-state index in [1.54, 1.807) is 18.2 Å². The molecule has 3 aromatic carbocycles. The summed E-state index contributed by atoms with van der Waals surface area (Å²) >= 11 is 0. The smallest absolute Gasteiger partial charge is 0.268 e. The first-order valence-electron chi connectivity index (χ1n) is 9.46. The Kier molecular flexibility index (Phi) is 5.16. The fraction of sp³-hybridized carbons (Fsp3) is 0.0870. The van der Waals surface area contributed by atoms with Crippen molar-refractivity contribution in [3.8, 4) is 0 Å². The molecule has 0 aliphatic carbocycles. The van der Waals surface area contributed by atoms with Gasteiger partial charge in [-0.1, -0.05) is 48.0 Å². The van der Waals surface area contributed by atoms with Gasteiger partial charge in [-0.05, 0) is 42.1 Å². The highest BCUT2D eigenvalue weighted by Crippen LogP contribution is 2.23. The molecule has 1 aromatic heterocycles. The van der Waals surface area contributed by atoms with Gasteiger partial charge in [0.15, 0.2) is 0 Å². The van der Waals surface area contributed by atoms with Gasteiger partial charge in [0.05, 0.1) is 9.82 Å². The predicted octanol–water partition coefficient (Wildman–Crippen LogP) is 4.05. The third kappa shape index (κ3) is 3.85. The van der Waals surface area contributed by atoms with Crippen LogP contribution in [0.2, 0.25) is 0 Å². The minimum Gasteiger partial charge on any atom is -0.268 e. The van der Waals surface area contributed by atoms with Gasteiger partial charge in [0.25, 0.3) is 21.3 Å². The molecule has 156 valence electrons. The number of benzene rings is 3. The van der Waals surface area contributed by atoms with Crippen molar-refractivity contribution in [1.29, 1.82) is 0 Å². The van der Waals surface area contributed by atoms with Crippen molar-refractivity contribution in [2.45, 2.75) is 18.2 Å². The van der Waals surface area contributed by atoms with Crippen molar-refractivity contribution in [2.24, 2.45) is 0 Å². The van der Waals surface area contributed by atoms with Crippen LogP contribution in [0.25, 0.3) is 10.8 Å². The summed E-state index contributed by atoms with van der Waals surface area (Å²) in [6, 6.07) is 20.7. The summed E-state index contributed by atoms with van der Waals surface area (Å²) in [6.45, 7) is 1.90. The lowest BCUT2D eigenvalue weighted by atomic mass is 10.1. The number of fused-ring (bicyclic) bond motifs is 1. The van der Waals surface area contributed by atoms with Crippen molar-refractivity contribution in [2.75, 3.05) is 0 Å². The second-order valence-electron chi connectivity index (χ2n) is 7.21. The van der Waals surface area contributed by atoms with E-state index in [4.69, 9.17) is 0 Å². The molecule has 4 rings (SSSR count). The summed E-state index contributed by atoms with van der Waals surface area (Å²) in [5, 5.41) is 11.9. The Labute approximate surface area is 178 Å². The molecule has 0 saturated heterocycles. The van der Waals surface area contributed by atoms with Gasteiger partial charge in [-0.3, -0.25) is 14.9 Å². The fourth-order valence-corrected chi connectivity index (χ4v) is 4.94. The zero-order valence-electron chi connectivity index (χ0n) is 16.6. The van der Waals surface area contributed by atoms with Crippen molar-refractivity contribution in [3.63, 3.8) is 0 Å². The number of nitro benzene ring substituents is 1. The highest BCUT2D eigenvalue weighted by atomic mass is 32.2. The largest absolute Gasteiger partial charge is 0.272 e. The van der Waals surface area contributed by atoms with Gasteiger partial charge in [-0.2, -0.15) is 0 Å². The maximum Gasteiger partial charge on any atom is 0.272 e. The summed E-state index contributed by atoms with van der Waals surface area (Å²) in [5.41, 5.74) is 1.23. The molecule has 0 saturated carbocycles. The number of nitrogens with zero attached hydrogens (tertiary/aromatic N) is 2. The Morgan fingerprint density at radius 2 is 1.61 bits per heavy atom. The highest BCUT2D eigenvalue weighted by molar-refractivity contribution is 7.90. The van der Waals surface area contributed by atoms with Gasteiger partial charge < -0.3 is 0 Å². The molecule has 0 fully saturated rings. The maximum absolute atomic E-state index is 13.5. The number of pyridine rings is 1. The van der Waals surface area contributed by atoms with Crippen LogP contribution < -0.4 is 5.56 Å². The summed E-state index contributed by atoms with van der Waals surface area (Å²) in [5.74, 6) is 0. The van der Waals surface area contributed by atoms with Crippen LogP contribution in [-0.2, 0) is 16.4 Å². The standard InChI is InChI=1S/C23H18N2O5S/c1-16-7-12-22-18(13-16)15-20(14-17-5-3-2-4-6-17)24(23(22)26)31(29,30)21-10-8-19(9-11-21)25(27)28/h2-13,15H,14H2,1H3. The van der Waals surface area contributed by atoms with Crippen LogP contribution in [0.1, 0.15) is 16.8 Å². The number of hydrogen-bond donors (Lipinski definition) is 0. The minimum atomic E-state index is -4.28. The normalized spacial score (nSPS) is 11.5. The Morgan fingerprint density at radius 1 is 0.935 bits per heavy atom. The van der Waals surface area contributed by atoms with E-state index in [2.05, 4.69) is 0 Å². The molecule has 4 aromatic rings. The molecule has 0 spiro atoms. The fourth-order valence-electron chi connectivity index (χ4n) is 3.51. The lowest BCUT2D eigenvalue weighted by molar-refractivity contribution is -0.384. The first kappa shape index (κ1) is 20.5. The monoisotopic (exact) mass is 434 g/mol. The molecule has 0 bridgehead atoms. The van der Waals surface area contributed by atoms with Gasteiger partial charge in [0, 0.05) is 29.6 Å². The number of aryl methyl sites for hydroxylation is 1. The van der Waals surface area contributed by atoms with E-state index >= 15 is 0 Å². The Morgan fingerprint density at radius 3 is 2.26 bits per heavy atom. The summed E-state index contributed by atoms with van der Waals surface area (Å²) < 4.78 is 27.7. The molecular weight excluding hydrogens is 416 g/mol. The molecule has 0 unspecified atom stereocenters. The van der Waals surface area contributed by atoms with Crippen molar-refractivity contribution >= 4 is 26.5 Å². The average molecular weight is 434 g/mol. The van der Waals surface area contributed by atoms with E-state index in [0.717, 1.165) is 39.4 Å². The van der Waals surface area contributed by atoms with E-state index in [-0.39, 0.29) is 22.4 Å². The molecular formula is C23H18N2O5S. The first-order chi connectivity index (χ1) is 14.8. The van der Waals surface area contributed by atoms with Crippen LogP contribution in [0.5, 0.6) is 0 Å². The van der Waals surface area contributed by atoms with Crippen molar-refractivity contribution in [1.82, 2.24) is 3.97 Å². The minimum absolute atomic E-state index is 0.194. The van der Waals surface area contributed by atoms with Crippen molar-refractivity contribution < 1.29 is 13.3 Å². The van der Waals surface area contributed by atoms with Crippen LogP contribution in [0.4, 0.5) is 5.69 Å². The molecule has 7 nitrogen and oxygen atoms in total. The Balaban J connectivity index is 1.97. The molecule has 0 radical (unpaired) electrons. The second-order valence-corrected chi connectivity index (χ2v) is 9.00. The SMILES string of the molecule is Cc1ccc2c(=O)n(S(=O)(=O)c3ccc([N+](=O)[O-])cc3)c(Cc3ccccc3)cc2c1. The van der Waals surface area contributed by atoms with Crippen molar-refractivity contribution in [3.05, 3.63) is 116 Å². The van der Waals surface area contributed by atoms with Gasteiger partial charge in [-0.25, -0.2) is 12.4 Å². The number of nitro groups is 1. The lowest BCUT2D eigenvalue weighted by Gasteiger charge is -2.15. The molecule has 0 aliphatic rings. The van der Waals surface area contributed by atoms with E-state index in [9.17, 15) is 23.3 Å². The first-order valence-corrected chi connectivity index (χ1v) is 10.9. The zero-order valence-corrected chi connectivity index (χ0v) is 17.4. The molecule has 0 atom stereocenters. The van der Waals surface area contributed by atoms with Gasteiger partial charge in [-0.15, -0.1) is 0 Å². The molecule has 0 aliphatic heterocycles. The number of rotatable bonds is 5. The number of aromatic nitrogens is 1. The molecule has 8 heteroatoms. The van der Waals surface area contributed by atoms with Crippen LogP contribution in [0.15, 0.2) is 88.6 Å². The maximum atomic E-state index is 13.5. The second kappa shape index (κ2) is 7.81. The quantitative estimate of drug-likeness (QED) is 0.349. The lowest BCUT2D eigenvalue weighted by Crippen LogP contribution is -2.30.